The second-order valence-corrected chi connectivity index (χ2v) is 11.9. The number of nitrogens with zero attached hydrogens (tertiary/aromatic N) is 3. The fraction of sp³-hybridized carbons (Fsp3) is 0.321. The Kier molecular flexibility index (Phi) is 10.6. The first-order valence-corrected chi connectivity index (χ1v) is 14.3. The maximum atomic E-state index is 13.9. The van der Waals surface area contributed by atoms with Gasteiger partial charge in [0, 0.05) is 32.0 Å². The number of piperidine rings is 1. The molecule has 0 radical (unpaired) electrons. The molecule has 3 aromatic rings. The fourth-order valence-electron chi connectivity index (χ4n) is 4.82. The molecule has 9 nitrogen and oxygen atoms in total. The van der Waals surface area contributed by atoms with Gasteiger partial charge in [-0.1, -0.05) is 54.6 Å². The summed E-state index contributed by atoms with van der Waals surface area (Å²) in [6, 6.07) is 21.7. The smallest absolute Gasteiger partial charge is 0.475 e. The van der Waals surface area contributed by atoms with Crippen LogP contribution in [0.2, 0.25) is 0 Å². The van der Waals surface area contributed by atoms with E-state index in [2.05, 4.69) is 16.0 Å². The average molecular weight is 648 g/mol. The Bertz CT molecular complexity index is 1500. The number of alkyl halides is 6. The van der Waals surface area contributed by atoms with Gasteiger partial charge in [-0.3, -0.25) is 14.2 Å². The van der Waals surface area contributed by atoms with E-state index in [0.717, 1.165) is 42.0 Å². The van der Waals surface area contributed by atoms with E-state index in [1.165, 1.54) is 0 Å². The normalized spacial score (nSPS) is 17.0. The molecule has 238 valence electrons. The van der Waals surface area contributed by atoms with Crippen LogP contribution < -0.4 is 4.31 Å². The van der Waals surface area contributed by atoms with Crippen LogP contribution in [0.25, 0.3) is 0 Å². The van der Waals surface area contributed by atoms with Crippen LogP contribution in [0.4, 0.5) is 32.0 Å². The molecule has 16 heteroatoms. The van der Waals surface area contributed by atoms with Crippen molar-refractivity contribution < 1.29 is 54.6 Å². The minimum absolute atomic E-state index is 0.376. The van der Waals surface area contributed by atoms with E-state index in [0.29, 0.717) is 19.4 Å². The van der Waals surface area contributed by atoms with Gasteiger partial charge in [0.1, 0.15) is 4.75 Å². The Hall–Kier alpha value is -4.18. The van der Waals surface area contributed by atoms with Crippen LogP contribution >= 0.6 is 0 Å². The van der Waals surface area contributed by atoms with Crippen molar-refractivity contribution >= 4 is 27.6 Å². The lowest BCUT2D eigenvalue weighted by molar-refractivity contribution is -0.193. The van der Waals surface area contributed by atoms with Crippen molar-refractivity contribution in [3.63, 3.8) is 0 Å². The van der Waals surface area contributed by atoms with Crippen molar-refractivity contribution in [2.24, 2.45) is 0 Å². The van der Waals surface area contributed by atoms with Gasteiger partial charge in [-0.25, -0.2) is 18.0 Å². The number of benzene rings is 2. The molecule has 44 heavy (non-hydrogen) atoms. The van der Waals surface area contributed by atoms with Crippen molar-refractivity contribution in [2.45, 2.75) is 43.0 Å². The van der Waals surface area contributed by atoms with Crippen molar-refractivity contribution in [3.8, 4) is 0 Å². The zero-order valence-corrected chi connectivity index (χ0v) is 23.6. The molecular weight excluding hydrogens is 620 g/mol. The molecule has 1 spiro atoms. The van der Waals surface area contributed by atoms with E-state index in [1.807, 2.05) is 66.9 Å². The number of aliphatic carboxylic acids is 2. The topological polar surface area (TPSA) is 128 Å². The van der Waals surface area contributed by atoms with E-state index in [9.17, 15) is 34.8 Å². The molecule has 2 aliphatic rings. The molecule has 0 bridgehead atoms. The third-order valence-electron chi connectivity index (χ3n) is 6.89. The maximum Gasteiger partial charge on any atom is 0.490 e. The summed E-state index contributed by atoms with van der Waals surface area (Å²) in [6.45, 7) is 2.68. The molecule has 0 saturated carbocycles. The Morgan fingerprint density at radius 2 is 1.27 bits per heavy atom. The van der Waals surface area contributed by atoms with E-state index in [4.69, 9.17) is 19.8 Å². The monoisotopic (exact) mass is 647 g/mol. The summed E-state index contributed by atoms with van der Waals surface area (Å²) in [4.78, 5) is 24.3. The van der Waals surface area contributed by atoms with Crippen LogP contribution in [-0.4, -0.2) is 65.9 Å². The van der Waals surface area contributed by atoms with Crippen LogP contribution in [0.3, 0.4) is 0 Å². The number of anilines is 1. The van der Waals surface area contributed by atoms with E-state index in [-0.39, 0.29) is 0 Å². The molecular formula is C28H27F6N3O6S. The zero-order valence-electron chi connectivity index (χ0n) is 22.8. The molecule has 0 aliphatic carbocycles. The summed E-state index contributed by atoms with van der Waals surface area (Å²) in [5.74, 6) is -5.51. The molecule has 0 unspecified atom stereocenters. The highest BCUT2D eigenvalue weighted by atomic mass is 32.2. The third kappa shape index (κ3) is 8.05. The molecule has 5 rings (SSSR count). The quantitative estimate of drug-likeness (QED) is 0.371. The van der Waals surface area contributed by atoms with Gasteiger partial charge in [-0.05, 0) is 41.7 Å². The predicted octanol–water partition coefficient (Wildman–Crippen LogP) is 5.19. The van der Waals surface area contributed by atoms with Crippen molar-refractivity contribution in [1.29, 1.82) is 0 Å². The first-order chi connectivity index (χ1) is 20.5. The Morgan fingerprint density at radius 3 is 1.77 bits per heavy atom. The van der Waals surface area contributed by atoms with Gasteiger partial charge < -0.3 is 10.2 Å². The lowest BCUT2D eigenvalue weighted by atomic mass is 9.87. The van der Waals surface area contributed by atoms with Crippen molar-refractivity contribution in [2.75, 3.05) is 17.4 Å². The summed E-state index contributed by atoms with van der Waals surface area (Å²) in [6.07, 6.45) is -5.29. The number of likely N-dealkylation sites (tertiary alicyclic amines) is 1. The number of pyridine rings is 1. The molecule has 1 fully saturated rings. The number of halogens is 6. The summed E-state index contributed by atoms with van der Waals surface area (Å²) < 4.78 is 92.1. The van der Waals surface area contributed by atoms with Crippen LogP contribution in [0, 0.1) is 0 Å². The van der Waals surface area contributed by atoms with Crippen LogP contribution in [0.15, 0.2) is 79.1 Å². The number of rotatable bonds is 4. The molecule has 1 aromatic heterocycles. The standard InChI is InChI=1S/C24H25N3O2S.2C2HF3O2/c28-30(29)24(12-15-26(16-13-24)18-21-9-6-14-25-17-21)22-10-4-5-11-23(22)27(30)19-20-7-2-1-3-8-20;2*3-2(4,5)1(6)7/h1-11,14,17H,12-13,15-16,18-19H2;2*(H,6,7). The number of aromatic nitrogens is 1. The zero-order chi connectivity index (χ0) is 32.8. The molecule has 1 saturated heterocycles. The number of carboxylic acids is 2. The Labute approximate surface area is 248 Å². The highest BCUT2D eigenvalue weighted by molar-refractivity contribution is 7.94. The largest absolute Gasteiger partial charge is 0.490 e. The number of carboxylic acid groups (broad SMARTS) is 2. The fourth-order valence-corrected chi connectivity index (χ4v) is 7.13. The molecule has 2 aromatic carbocycles. The summed E-state index contributed by atoms with van der Waals surface area (Å²) in [5, 5.41) is 14.2. The third-order valence-corrected chi connectivity index (χ3v) is 9.42. The van der Waals surface area contributed by atoms with Crippen LogP contribution in [0.1, 0.15) is 29.5 Å². The molecule has 0 atom stereocenters. The maximum absolute atomic E-state index is 13.9. The number of carbonyl (C=O) groups is 2. The number of hydrogen-bond donors (Lipinski definition) is 2. The minimum atomic E-state index is -5.08. The van der Waals surface area contributed by atoms with Crippen LogP contribution in [-0.2, 0) is 37.4 Å². The minimum Gasteiger partial charge on any atom is -0.475 e. The lowest BCUT2D eigenvalue weighted by Gasteiger charge is -2.39. The highest BCUT2D eigenvalue weighted by Gasteiger charge is 2.56. The average Bonchev–Trinajstić information content (AvgIpc) is 3.13. The highest BCUT2D eigenvalue weighted by Crippen LogP contribution is 2.53. The first kappa shape index (κ1) is 34.3. The van der Waals surface area contributed by atoms with E-state index >= 15 is 0 Å². The second kappa shape index (κ2) is 13.6. The van der Waals surface area contributed by atoms with Crippen molar-refractivity contribution in [3.05, 3.63) is 95.8 Å². The van der Waals surface area contributed by atoms with Gasteiger partial charge in [0.15, 0.2) is 0 Å². The molecule has 2 aliphatic heterocycles. The lowest BCUT2D eigenvalue weighted by Crippen LogP contribution is -2.48. The molecule has 2 N–H and O–H groups in total. The second-order valence-electron chi connectivity index (χ2n) is 9.75. The SMILES string of the molecule is O=C(O)C(F)(F)F.O=C(O)C(F)(F)F.O=S1(=O)N(Cc2ccccc2)c2ccccc2C12CCN(Cc1cccnc1)CC2. The number of sulfonamides is 1. The predicted molar refractivity (Wildman–Crippen MR) is 146 cm³/mol. The van der Waals surface area contributed by atoms with Gasteiger partial charge in [-0.2, -0.15) is 26.3 Å². The summed E-state index contributed by atoms with van der Waals surface area (Å²) in [5.41, 5.74) is 3.96. The summed E-state index contributed by atoms with van der Waals surface area (Å²) in [7, 11) is -3.51. The Balaban J connectivity index is 0.000000317. The van der Waals surface area contributed by atoms with Gasteiger partial charge in [0.25, 0.3) is 0 Å². The van der Waals surface area contributed by atoms with Crippen molar-refractivity contribution in [1.82, 2.24) is 9.88 Å². The number of fused-ring (bicyclic) bond motifs is 2. The van der Waals surface area contributed by atoms with Crippen LogP contribution in [0.5, 0.6) is 0 Å². The number of para-hydroxylation sites is 1. The van der Waals surface area contributed by atoms with Gasteiger partial charge in [0.2, 0.25) is 10.0 Å². The molecule has 0 amide bonds. The summed E-state index contributed by atoms with van der Waals surface area (Å²) >= 11 is 0. The van der Waals surface area contributed by atoms with Gasteiger partial charge in [0.05, 0.1) is 12.2 Å². The number of hydrogen-bond acceptors (Lipinski definition) is 6. The Morgan fingerprint density at radius 1 is 0.773 bits per heavy atom. The molecule has 3 heterocycles. The first-order valence-electron chi connectivity index (χ1n) is 12.9. The van der Waals surface area contributed by atoms with Gasteiger partial charge in [-0.15, -0.1) is 0 Å². The van der Waals surface area contributed by atoms with E-state index < -0.39 is 39.1 Å². The van der Waals surface area contributed by atoms with Gasteiger partial charge >= 0.3 is 24.3 Å². The van der Waals surface area contributed by atoms with E-state index in [1.54, 1.807) is 10.5 Å².